The molecule has 0 aliphatic carbocycles. The molecule has 0 aromatic heterocycles. The fourth-order valence-electron chi connectivity index (χ4n) is 2.34. The van der Waals surface area contributed by atoms with Gasteiger partial charge in [0.25, 0.3) is 0 Å². The SMILES string of the molecule is COc1ccc(CNCc2ccc(C#N)cc2)c(OC)c1OC. The summed E-state index contributed by atoms with van der Waals surface area (Å²) in [7, 11) is 4.80. The van der Waals surface area contributed by atoms with Crippen LogP contribution < -0.4 is 19.5 Å². The maximum atomic E-state index is 8.80. The van der Waals surface area contributed by atoms with E-state index in [4.69, 9.17) is 19.5 Å². The zero-order valence-corrected chi connectivity index (χ0v) is 13.6. The van der Waals surface area contributed by atoms with E-state index in [9.17, 15) is 0 Å². The third-order valence-electron chi connectivity index (χ3n) is 3.51. The van der Waals surface area contributed by atoms with Crippen molar-refractivity contribution in [2.75, 3.05) is 21.3 Å². The van der Waals surface area contributed by atoms with E-state index < -0.39 is 0 Å². The van der Waals surface area contributed by atoms with Crippen LogP contribution in [-0.4, -0.2) is 21.3 Å². The molecule has 0 fully saturated rings. The van der Waals surface area contributed by atoms with Gasteiger partial charge in [0.2, 0.25) is 5.75 Å². The van der Waals surface area contributed by atoms with E-state index >= 15 is 0 Å². The summed E-state index contributed by atoms with van der Waals surface area (Å²) >= 11 is 0. The van der Waals surface area contributed by atoms with E-state index in [0.29, 0.717) is 35.9 Å². The van der Waals surface area contributed by atoms with Gasteiger partial charge in [-0.2, -0.15) is 5.26 Å². The minimum Gasteiger partial charge on any atom is -0.493 e. The van der Waals surface area contributed by atoms with Crippen molar-refractivity contribution >= 4 is 0 Å². The molecule has 0 amide bonds. The molecule has 0 bridgehead atoms. The van der Waals surface area contributed by atoms with Gasteiger partial charge in [0.05, 0.1) is 33.0 Å². The molecule has 5 nitrogen and oxygen atoms in total. The lowest BCUT2D eigenvalue weighted by Gasteiger charge is -2.16. The maximum absolute atomic E-state index is 8.80. The highest BCUT2D eigenvalue weighted by Gasteiger charge is 2.15. The first-order valence-corrected chi connectivity index (χ1v) is 7.21. The second-order valence-electron chi connectivity index (χ2n) is 4.91. The van der Waals surface area contributed by atoms with Crippen molar-refractivity contribution in [3.05, 3.63) is 53.1 Å². The number of nitrogens with one attached hydrogen (secondary N) is 1. The summed E-state index contributed by atoms with van der Waals surface area (Å²) < 4.78 is 16.1. The van der Waals surface area contributed by atoms with Crippen LogP contribution in [0.4, 0.5) is 0 Å². The molecule has 1 N–H and O–H groups in total. The summed E-state index contributed by atoms with van der Waals surface area (Å²) in [5, 5.41) is 12.2. The Bertz CT molecular complexity index is 691. The zero-order chi connectivity index (χ0) is 16.7. The molecule has 2 rings (SSSR count). The number of nitriles is 1. The van der Waals surface area contributed by atoms with Gasteiger partial charge in [-0.3, -0.25) is 0 Å². The normalized spacial score (nSPS) is 10.0. The summed E-state index contributed by atoms with van der Waals surface area (Å²) in [6.07, 6.45) is 0. The quantitative estimate of drug-likeness (QED) is 0.851. The van der Waals surface area contributed by atoms with E-state index in [1.165, 1.54) is 0 Å². The number of nitrogens with zero attached hydrogens (tertiary/aromatic N) is 1. The number of hydrogen-bond acceptors (Lipinski definition) is 5. The first-order chi connectivity index (χ1) is 11.2. The Morgan fingerprint density at radius 2 is 1.57 bits per heavy atom. The molecule has 0 heterocycles. The molecule has 0 unspecified atom stereocenters. The molecular formula is C18H20N2O3. The second-order valence-corrected chi connectivity index (χ2v) is 4.91. The van der Waals surface area contributed by atoms with Gasteiger partial charge in [0.1, 0.15) is 0 Å². The Labute approximate surface area is 136 Å². The standard InChI is InChI=1S/C18H20N2O3/c1-21-16-9-8-15(17(22-2)18(16)23-3)12-20-11-14-6-4-13(10-19)5-7-14/h4-9,20H,11-12H2,1-3H3. The molecule has 2 aromatic carbocycles. The lowest BCUT2D eigenvalue weighted by atomic mass is 10.1. The average Bonchev–Trinajstić information content (AvgIpc) is 2.61. The predicted molar refractivity (Wildman–Crippen MR) is 87.8 cm³/mol. The lowest BCUT2D eigenvalue weighted by Crippen LogP contribution is -2.13. The highest BCUT2D eigenvalue weighted by atomic mass is 16.5. The van der Waals surface area contributed by atoms with Gasteiger partial charge in [-0.1, -0.05) is 18.2 Å². The van der Waals surface area contributed by atoms with Crippen LogP contribution >= 0.6 is 0 Å². The Balaban J connectivity index is 2.06. The fourth-order valence-corrected chi connectivity index (χ4v) is 2.34. The van der Waals surface area contributed by atoms with E-state index in [0.717, 1.165) is 11.1 Å². The molecule has 23 heavy (non-hydrogen) atoms. The van der Waals surface area contributed by atoms with Gasteiger partial charge >= 0.3 is 0 Å². The molecule has 0 spiro atoms. The molecular weight excluding hydrogens is 292 g/mol. The summed E-state index contributed by atoms with van der Waals surface area (Å²) in [6.45, 7) is 1.33. The van der Waals surface area contributed by atoms with Crippen LogP contribution in [0.5, 0.6) is 17.2 Å². The van der Waals surface area contributed by atoms with Gasteiger partial charge < -0.3 is 19.5 Å². The van der Waals surface area contributed by atoms with Crippen LogP contribution in [0, 0.1) is 11.3 Å². The summed E-state index contributed by atoms with van der Waals surface area (Å²) in [5.74, 6) is 1.90. The van der Waals surface area contributed by atoms with Gasteiger partial charge in [-0.15, -0.1) is 0 Å². The average molecular weight is 312 g/mol. The van der Waals surface area contributed by atoms with Crippen molar-refractivity contribution in [1.29, 1.82) is 5.26 Å². The van der Waals surface area contributed by atoms with Crippen LogP contribution in [0.3, 0.4) is 0 Å². The minimum absolute atomic E-state index is 0.590. The minimum atomic E-state index is 0.590. The Morgan fingerprint density at radius 1 is 0.870 bits per heavy atom. The number of ether oxygens (including phenoxy) is 3. The first-order valence-electron chi connectivity index (χ1n) is 7.21. The van der Waals surface area contributed by atoms with Crippen molar-refractivity contribution in [3.8, 4) is 23.3 Å². The highest BCUT2D eigenvalue weighted by Crippen LogP contribution is 2.39. The number of benzene rings is 2. The predicted octanol–water partition coefficient (Wildman–Crippen LogP) is 2.87. The molecule has 0 aliphatic rings. The Kier molecular flexibility index (Phi) is 5.84. The van der Waals surface area contributed by atoms with Crippen LogP contribution in [-0.2, 0) is 13.1 Å². The van der Waals surface area contributed by atoms with Crippen molar-refractivity contribution < 1.29 is 14.2 Å². The zero-order valence-electron chi connectivity index (χ0n) is 13.6. The third-order valence-corrected chi connectivity index (χ3v) is 3.51. The highest BCUT2D eigenvalue weighted by molar-refractivity contribution is 5.55. The second kappa shape index (κ2) is 8.06. The van der Waals surface area contributed by atoms with Crippen LogP contribution in [0.15, 0.2) is 36.4 Å². The number of rotatable bonds is 7. The third kappa shape index (κ3) is 3.93. The van der Waals surface area contributed by atoms with Crippen molar-refractivity contribution in [2.45, 2.75) is 13.1 Å². The van der Waals surface area contributed by atoms with E-state index in [1.807, 2.05) is 36.4 Å². The van der Waals surface area contributed by atoms with Crippen LogP contribution in [0.25, 0.3) is 0 Å². The fraction of sp³-hybridized carbons (Fsp3) is 0.278. The van der Waals surface area contributed by atoms with Crippen molar-refractivity contribution in [1.82, 2.24) is 5.32 Å². The molecule has 2 aromatic rings. The first kappa shape index (κ1) is 16.7. The van der Waals surface area contributed by atoms with E-state index in [2.05, 4.69) is 11.4 Å². The molecule has 0 saturated carbocycles. The molecule has 120 valence electrons. The van der Waals surface area contributed by atoms with Crippen molar-refractivity contribution in [3.63, 3.8) is 0 Å². The Morgan fingerprint density at radius 3 is 2.13 bits per heavy atom. The topological polar surface area (TPSA) is 63.5 Å². The van der Waals surface area contributed by atoms with Crippen LogP contribution in [0.2, 0.25) is 0 Å². The molecule has 0 saturated heterocycles. The molecule has 5 heteroatoms. The molecule has 0 atom stereocenters. The van der Waals surface area contributed by atoms with Gasteiger partial charge in [-0.05, 0) is 23.8 Å². The van der Waals surface area contributed by atoms with Gasteiger partial charge in [-0.25, -0.2) is 0 Å². The maximum Gasteiger partial charge on any atom is 0.203 e. The molecule has 0 aliphatic heterocycles. The summed E-state index contributed by atoms with van der Waals surface area (Å²) in [5.41, 5.74) is 2.76. The summed E-state index contributed by atoms with van der Waals surface area (Å²) in [6, 6.07) is 13.4. The Hall–Kier alpha value is -2.71. The smallest absolute Gasteiger partial charge is 0.203 e. The lowest BCUT2D eigenvalue weighted by molar-refractivity contribution is 0.321. The van der Waals surface area contributed by atoms with Gasteiger partial charge in [0.15, 0.2) is 11.5 Å². The van der Waals surface area contributed by atoms with Crippen molar-refractivity contribution in [2.24, 2.45) is 0 Å². The molecule has 0 radical (unpaired) electrons. The van der Waals surface area contributed by atoms with Gasteiger partial charge in [0, 0.05) is 18.7 Å². The van der Waals surface area contributed by atoms with E-state index in [-0.39, 0.29) is 0 Å². The summed E-state index contributed by atoms with van der Waals surface area (Å²) in [4.78, 5) is 0. The van der Waals surface area contributed by atoms with Crippen LogP contribution in [0.1, 0.15) is 16.7 Å². The number of methoxy groups -OCH3 is 3. The monoisotopic (exact) mass is 312 g/mol. The largest absolute Gasteiger partial charge is 0.493 e. The van der Waals surface area contributed by atoms with E-state index in [1.54, 1.807) is 21.3 Å². The number of hydrogen-bond donors (Lipinski definition) is 1.